The predicted octanol–water partition coefficient (Wildman–Crippen LogP) is 3.89. The van der Waals surface area contributed by atoms with E-state index in [2.05, 4.69) is 4.52 Å². The Balaban J connectivity index is 4.58. The van der Waals surface area contributed by atoms with Gasteiger partial charge in [0.25, 0.3) is 0 Å². The van der Waals surface area contributed by atoms with Crippen molar-refractivity contribution in [3.63, 3.8) is 0 Å². The van der Waals surface area contributed by atoms with E-state index in [4.69, 9.17) is 33.7 Å². The molecule has 1 atom stereocenters. The maximum atomic E-state index is 11.3. The van der Waals surface area contributed by atoms with Gasteiger partial charge in [-0.1, -0.05) is 0 Å². The van der Waals surface area contributed by atoms with Crippen LogP contribution < -0.4 is 0 Å². The summed E-state index contributed by atoms with van der Waals surface area (Å²) in [6, 6.07) is 0. The summed E-state index contributed by atoms with van der Waals surface area (Å²) >= 11 is 15.8. The van der Waals surface area contributed by atoms with Gasteiger partial charge >= 0.3 is 12.9 Å². The molecule has 12 heavy (non-hydrogen) atoms. The van der Waals surface area contributed by atoms with Crippen LogP contribution in [0.15, 0.2) is 0 Å². The van der Waals surface area contributed by atoms with Gasteiger partial charge < -0.3 is 4.52 Å². The topological polar surface area (TPSA) is 46.6 Å². The average Bonchev–Trinajstić information content (AvgIpc) is 1.84. The second kappa shape index (κ2) is 4.65. The van der Waals surface area contributed by atoms with Crippen LogP contribution >= 0.6 is 46.6 Å². The molecule has 74 valence electrons. The van der Waals surface area contributed by atoms with Crippen LogP contribution in [0.3, 0.4) is 0 Å². The molecule has 0 fully saturated rings. The van der Waals surface area contributed by atoms with E-state index < -0.39 is 12.9 Å². The second-order valence-electron chi connectivity index (χ2n) is 1.79. The predicted molar refractivity (Wildman–Crippen MR) is 52.2 cm³/mol. The van der Waals surface area contributed by atoms with Gasteiger partial charge in [-0.2, -0.15) is 0 Å². The zero-order valence-electron chi connectivity index (χ0n) is 6.41. The van der Waals surface area contributed by atoms with Gasteiger partial charge in [-0.05, 0) is 40.6 Å². The fourth-order valence-electron chi connectivity index (χ4n) is 0.367. The number of rotatable bonds is 4. The summed E-state index contributed by atoms with van der Waals surface area (Å²) < 4.78 is 27.5. The standard InChI is InChI=1S/C3H8Cl3NO3P2/c1-3-10-12(6,9)7(2)11(4,5)8/h3H2,1-2H3. The molecule has 4 nitrogen and oxygen atoms in total. The van der Waals surface area contributed by atoms with Gasteiger partial charge in [0.2, 0.25) is 0 Å². The van der Waals surface area contributed by atoms with Gasteiger partial charge in [0.05, 0.1) is 6.61 Å². The third-order valence-corrected chi connectivity index (χ3v) is 7.66. The Labute approximate surface area is 85.4 Å². The first-order valence-corrected chi connectivity index (χ1v) is 8.85. The van der Waals surface area contributed by atoms with E-state index in [0.717, 1.165) is 0 Å². The van der Waals surface area contributed by atoms with Gasteiger partial charge in [0.1, 0.15) is 0 Å². The Kier molecular flexibility index (Phi) is 5.14. The zero-order valence-corrected chi connectivity index (χ0v) is 10.5. The van der Waals surface area contributed by atoms with Crippen molar-refractivity contribution in [1.29, 1.82) is 0 Å². The van der Waals surface area contributed by atoms with Crippen molar-refractivity contribution in [3.8, 4) is 0 Å². The van der Waals surface area contributed by atoms with Crippen LogP contribution in [0.25, 0.3) is 0 Å². The Hall–Kier alpha value is 1.25. The third kappa shape index (κ3) is 3.97. The quantitative estimate of drug-likeness (QED) is 0.730. The van der Waals surface area contributed by atoms with Crippen LogP contribution in [0.5, 0.6) is 0 Å². The SMILES string of the molecule is CCOP(=O)(Cl)N(C)P(=O)(Cl)Cl. The van der Waals surface area contributed by atoms with Gasteiger partial charge in [-0.15, -0.1) is 4.44 Å². The summed E-state index contributed by atoms with van der Waals surface area (Å²) in [7, 11) is 1.17. The molecule has 0 saturated heterocycles. The molecule has 0 amide bonds. The molecule has 0 radical (unpaired) electrons. The minimum absolute atomic E-state index is 0.124. The smallest absolute Gasteiger partial charge is 0.306 e. The van der Waals surface area contributed by atoms with E-state index in [9.17, 15) is 9.13 Å². The zero-order chi connectivity index (χ0) is 9.99. The van der Waals surface area contributed by atoms with Crippen molar-refractivity contribution in [2.24, 2.45) is 0 Å². The molecule has 0 aromatic rings. The lowest BCUT2D eigenvalue weighted by Crippen LogP contribution is -2.05. The van der Waals surface area contributed by atoms with Gasteiger partial charge in [0, 0.05) is 7.05 Å². The average molecular weight is 274 g/mol. The Bertz CT molecular complexity index is 241. The lowest BCUT2D eigenvalue weighted by Gasteiger charge is -2.21. The highest BCUT2D eigenvalue weighted by Crippen LogP contribution is 2.73. The van der Waals surface area contributed by atoms with Crippen molar-refractivity contribution in [2.45, 2.75) is 6.92 Å². The molecule has 1 unspecified atom stereocenters. The van der Waals surface area contributed by atoms with Crippen LogP contribution in [-0.4, -0.2) is 18.1 Å². The second-order valence-corrected chi connectivity index (χ2v) is 9.89. The van der Waals surface area contributed by atoms with Crippen LogP contribution in [0, 0.1) is 0 Å². The largest absolute Gasteiger partial charge is 0.370 e. The first-order valence-electron chi connectivity index (χ1n) is 2.90. The normalized spacial score (nSPS) is 17.8. The highest BCUT2D eigenvalue weighted by atomic mass is 35.9. The van der Waals surface area contributed by atoms with Crippen LogP contribution in [0.1, 0.15) is 6.92 Å². The van der Waals surface area contributed by atoms with E-state index in [1.807, 2.05) is 0 Å². The minimum atomic E-state index is -3.65. The lowest BCUT2D eigenvalue weighted by atomic mass is 10.9. The minimum Gasteiger partial charge on any atom is -0.306 e. The molecule has 0 heterocycles. The van der Waals surface area contributed by atoms with E-state index in [-0.39, 0.29) is 6.61 Å². The van der Waals surface area contributed by atoms with Crippen molar-refractivity contribution >= 4 is 46.6 Å². The van der Waals surface area contributed by atoms with Crippen LogP contribution in [-0.2, 0) is 13.7 Å². The fraction of sp³-hybridized carbons (Fsp3) is 1.00. The molecule has 0 saturated carbocycles. The molecule has 0 aliphatic heterocycles. The van der Waals surface area contributed by atoms with E-state index >= 15 is 0 Å². The molecule has 9 heteroatoms. The number of halogens is 3. The maximum absolute atomic E-state index is 11.3. The maximum Gasteiger partial charge on any atom is 0.370 e. The van der Waals surface area contributed by atoms with E-state index in [1.165, 1.54) is 7.05 Å². The van der Waals surface area contributed by atoms with Crippen molar-refractivity contribution in [1.82, 2.24) is 4.44 Å². The highest BCUT2D eigenvalue weighted by molar-refractivity contribution is 8.11. The Morgan fingerprint density at radius 2 is 1.75 bits per heavy atom. The highest BCUT2D eigenvalue weighted by Gasteiger charge is 2.37. The summed E-state index contributed by atoms with van der Waals surface area (Å²) in [4.78, 5) is 0. The molecule has 0 aliphatic carbocycles. The Morgan fingerprint density at radius 3 is 2.00 bits per heavy atom. The molecule has 0 aliphatic rings. The molecule has 0 N–H and O–H groups in total. The van der Waals surface area contributed by atoms with E-state index in [1.54, 1.807) is 6.92 Å². The van der Waals surface area contributed by atoms with Crippen molar-refractivity contribution in [2.75, 3.05) is 13.7 Å². The van der Waals surface area contributed by atoms with Crippen molar-refractivity contribution < 1.29 is 13.7 Å². The molecular weight excluding hydrogens is 266 g/mol. The summed E-state index contributed by atoms with van der Waals surface area (Å²) in [5.41, 5.74) is 0. The first kappa shape index (κ1) is 13.2. The van der Waals surface area contributed by atoms with Crippen LogP contribution in [0.2, 0.25) is 0 Å². The van der Waals surface area contributed by atoms with Gasteiger partial charge in [-0.3, -0.25) is 9.13 Å². The molecule has 0 rings (SSSR count). The van der Waals surface area contributed by atoms with Crippen molar-refractivity contribution in [3.05, 3.63) is 0 Å². The first-order chi connectivity index (χ1) is 5.22. The number of hydrogen-bond acceptors (Lipinski definition) is 3. The summed E-state index contributed by atoms with van der Waals surface area (Å²) in [5, 5.41) is 0. The van der Waals surface area contributed by atoms with E-state index in [0.29, 0.717) is 4.44 Å². The summed E-state index contributed by atoms with van der Waals surface area (Å²) in [6.07, 6.45) is 0. The lowest BCUT2D eigenvalue weighted by molar-refractivity contribution is 0.324. The summed E-state index contributed by atoms with van der Waals surface area (Å²) in [6.45, 7) is -1.91. The molecule has 0 bridgehead atoms. The molecule has 0 spiro atoms. The monoisotopic (exact) mass is 273 g/mol. The Morgan fingerprint density at radius 1 is 1.33 bits per heavy atom. The van der Waals surface area contributed by atoms with Gasteiger partial charge in [-0.25, -0.2) is 0 Å². The number of nitrogens with zero attached hydrogens (tertiary/aromatic N) is 1. The van der Waals surface area contributed by atoms with Gasteiger partial charge in [0.15, 0.2) is 0 Å². The fourth-order valence-corrected chi connectivity index (χ4v) is 5.38. The van der Waals surface area contributed by atoms with Crippen LogP contribution in [0.4, 0.5) is 0 Å². The molecular formula is C3H8Cl3NO3P2. The summed E-state index contributed by atoms with van der Waals surface area (Å²) in [5.74, 6) is -3.65. The molecule has 0 aromatic heterocycles. The third-order valence-electron chi connectivity index (χ3n) is 0.971. The number of hydrogen-bond donors (Lipinski definition) is 0. The molecule has 0 aromatic carbocycles.